The molecule has 0 saturated carbocycles. The van der Waals surface area contributed by atoms with Crippen LogP contribution in [0.1, 0.15) is 25.7 Å². The number of hydrogen-bond acceptors (Lipinski definition) is 4. The van der Waals surface area contributed by atoms with Crippen molar-refractivity contribution in [3.05, 3.63) is 0 Å². The Kier molecular flexibility index (Phi) is 8.69. The van der Waals surface area contributed by atoms with Gasteiger partial charge in [-0.25, -0.2) is 0 Å². The van der Waals surface area contributed by atoms with Crippen LogP contribution in [0.25, 0.3) is 0 Å². The Bertz CT molecular complexity index is 119. The second-order valence-corrected chi connectivity index (χ2v) is 1.95. The van der Waals surface area contributed by atoms with Crippen LogP contribution in [-0.2, 0) is 9.59 Å². The van der Waals surface area contributed by atoms with Crippen LogP contribution in [0, 0.1) is 0 Å². The standard InChI is InChI=1S/C6H10O4.H2S/c7-5(8)3-1-2-4-6(9)10;/h1-4H2,(H,7,8)(H,9,10);1H2/p-2. The maximum atomic E-state index is 9.77. The number of aliphatic carboxylic acids is 2. The molecule has 0 atom stereocenters. The van der Waals surface area contributed by atoms with Crippen molar-refractivity contribution in [3.8, 4) is 0 Å². The molecule has 0 rings (SSSR count). The first-order valence-corrected chi connectivity index (χ1v) is 3.02. The van der Waals surface area contributed by atoms with Gasteiger partial charge in [-0.3, -0.25) is 0 Å². The highest BCUT2D eigenvalue weighted by Gasteiger charge is 1.89. The van der Waals surface area contributed by atoms with Crippen LogP contribution in [0.4, 0.5) is 0 Å². The van der Waals surface area contributed by atoms with E-state index >= 15 is 0 Å². The van der Waals surface area contributed by atoms with Crippen molar-refractivity contribution in [1.82, 2.24) is 0 Å². The molecule has 11 heavy (non-hydrogen) atoms. The summed E-state index contributed by atoms with van der Waals surface area (Å²) in [6.07, 6.45) is 0.535. The predicted molar refractivity (Wildman–Crippen MR) is 38.9 cm³/mol. The molecule has 0 aromatic carbocycles. The van der Waals surface area contributed by atoms with Crippen molar-refractivity contribution < 1.29 is 19.8 Å². The van der Waals surface area contributed by atoms with Gasteiger partial charge in [-0.2, -0.15) is 13.5 Å². The van der Waals surface area contributed by atoms with Crippen molar-refractivity contribution in [2.75, 3.05) is 0 Å². The zero-order chi connectivity index (χ0) is 7.98. The molecule has 0 N–H and O–H groups in total. The maximum absolute atomic E-state index is 9.77. The van der Waals surface area contributed by atoms with E-state index in [2.05, 4.69) is 0 Å². The van der Waals surface area contributed by atoms with Gasteiger partial charge >= 0.3 is 0 Å². The normalized spacial score (nSPS) is 8.36. The van der Waals surface area contributed by atoms with Crippen LogP contribution < -0.4 is 10.2 Å². The van der Waals surface area contributed by atoms with Crippen molar-refractivity contribution in [1.29, 1.82) is 0 Å². The third-order valence-electron chi connectivity index (χ3n) is 1.01. The molecular weight excluding hydrogens is 168 g/mol. The number of rotatable bonds is 5. The summed E-state index contributed by atoms with van der Waals surface area (Å²) in [5, 5.41) is 19.5. The zero-order valence-corrected chi connectivity index (χ0v) is 6.96. The van der Waals surface area contributed by atoms with E-state index in [-0.39, 0.29) is 26.3 Å². The van der Waals surface area contributed by atoms with Crippen LogP contribution in [0.2, 0.25) is 0 Å². The zero-order valence-electron chi connectivity index (χ0n) is 5.96. The molecular formula is C6H10O4S-2. The summed E-state index contributed by atoms with van der Waals surface area (Å²) in [7, 11) is 0. The quantitative estimate of drug-likeness (QED) is 0.463. The largest absolute Gasteiger partial charge is 0.550 e. The Morgan fingerprint density at radius 1 is 0.909 bits per heavy atom. The minimum Gasteiger partial charge on any atom is -0.550 e. The van der Waals surface area contributed by atoms with Crippen molar-refractivity contribution in [2.45, 2.75) is 25.7 Å². The maximum Gasteiger partial charge on any atom is 0.0414 e. The lowest BCUT2D eigenvalue weighted by atomic mass is 10.2. The molecule has 0 aliphatic carbocycles. The highest BCUT2D eigenvalue weighted by atomic mass is 32.1. The molecule has 0 radical (unpaired) electrons. The summed E-state index contributed by atoms with van der Waals surface area (Å²) in [5.41, 5.74) is 0. The van der Waals surface area contributed by atoms with E-state index in [1.807, 2.05) is 0 Å². The van der Waals surface area contributed by atoms with Crippen LogP contribution >= 0.6 is 13.5 Å². The van der Waals surface area contributed by atoms with Crippen LogP contribution in [0.15, 0.2) is 0 Å². The summed E-state index contributed by atoms with van der Waals surface area (Å²) in [4.78, 5) is 19.5. The van der Waals surface area contributed by atoms with E-state index in [1.165, 1.54) is 0 Å². The molecule has 0 aliphatic heterocycles. The van der Waals surface area contributed by atoms with E-state index in [9.17, 15) is 19.8 Å². The summed E-state index contributed by atoms with van der Waals surface area (Å²) < 4.78 is 0. The summed E-state index contributed by atoms with van der Waals surface area (Å²) in [5.74, 6) is -2.28. The Morgan fingerprint density at radius 3 is 1.36 bits per heavy atom. The van der Waals surface area contributed by atoms with Gasteiger partial charge in [0.05, 0.1) is 0 Å². The van der Waals surface area contributed by atoms with Gasteiger partial charge in [-0.1, -0.05) is 0 Å². The average Bonchev–Trinajstić information content (AvgIpc) is 1.79. The van der Waals surface area contributed by atoms with Crippen molar-refractivity contribution in [3.63, 3.8) is 0 Å². The highest BCUT2D eigenvalue weighted by Crippen LogP contribution is 1.96. The third-order valence-corrected chi connectivity index (χ3v) is 1.01. The lowest BCUT2D eigenvalue weighted by molar-refractivity contribution is -0.308. The van der Waals surface area contributed by atoms with E-state index < -0.39 is 11.9 Å². The fraction of sp³-hybridized carbons (Fsp3) is 0.667. The Hall–Kier alpha value is -0.710. The molecule has 4 nitrogen and oxygen atoms in total. The molecule has 0 spiro atoms. The van der Waals surface area contributed by atoms with Crippen LogP contribution in [0.5, 0.6) is 0 Å². The fourth-order valence-corrected chi connectivity index (χ4v) is 0.539. The van der Waals surface area contributed by atoms with Crippen LogP contribution in [-0.4, -0.2) is 11.9 Å². The smallest absolute Gasteiger partial charge is 0.0414 e. The predicted octanol–water partition coefficient (Wildman–Crippen LogP) is -1.84. The second-order valence-electron chi connectivity index (χ2n) is 1.95. The number of carboxylic acids is 2. The first-order chi connectivity index (χ1) is 4.63. The number of carboxylic acid groups (broad SMARTS) is 2. The topological polar surface area (TPSA) is 80.3 Å². The molecule has 0 fully saturated rings. The number of carbonyl (C=O) groups is 2. The molecule has 0 bridgehead atoms. The molecule has 0 saturated heterocycles. The van der Waals surface area contributed by atoms with Gasteiger partial charge in [0.1, 0.15) is 0 Å². The molecule has 66 valence electrons. The van der Waals surface area contributed by atoms with E-state index in [0.29, 0.717) is 12.8 Å². The Balaban J connectivity index is 0. The average molecular weight is 178 g/mol. The molecule has 5 heteroatoms. The lowest BCUT2D eigenvalue weighted by Gasteiger charge is -2.01. The third kappa shape index (κ3) is 12.5. The number of unbranched alkanes of at least 4 members (excludes halogenated alkanes) is 1. The van der Waals surface area contributed by atoms with Gasteiger partial charge in [-0.15, -0.1) is 0 Å². The summed E-state index contributed by atoms with van der Waals surface area (Å²) in [6, 6.07) is 0. The Morgan fingerprint density at radius 2 is 1.18 bits per heavy atom. The SMILES string of the molecule is O=C([O-])CCCCC(=O)[O-].S. The molecule has 0 aromatic heterocycles. The van der Waals surface area contributed by atoms with E-state index in [4.69, 9.17) is 0 Å². The minimum atomic E-state index is -1.14. The van der Waals surface area contributed by atoms with Gasteiger partial charge in [0.2, 0.25) is 0 Å². The molecule has 0 aromatic rings. The summed E-state index contributed by atoms with van der Waals surface area (Å²) in [6.45, 7) is 0. The molecule has 0 heterocycles. The highest BCUT2D eigenvalue weighted by molar-refractivity contribution is 7.59. The Labute approximate surface area is 71.7 Å². The first-order valence-electron chi connectivity index (χ1n) is 3.02. The van der Waals surface area contributed by atoms with E-state index in [0.717, 1.165) is 0 Å². The van der Waals surface area contributed by atoms with Gasteiger partial charge in [-0.05, 0) is 25.7 Å². The minimum absolute atomic E-state index is 0. The lowest BCUT2D eigenvalue weighted by Crippen LogP contribution is -2.23. The number of carbonyl (C=O) groups excluding carboxylic acids is 2. The summed E-state index contributed by atoms with van der Waals surface area (Å²) >= 11 is 0. The number of hydrogen-bond donors (Lipinski definition) is 0. The first kappa shape index (κ1) is 12.9. The van der Waals surface area contributed by atoms with Crippen molar-refractivity contribution in [2.24, 2.45) is 0 Å². The monoisotopic (exact) mass is 178 g/mol. The van der Waals surface area contributed by atoms with Gasteiger partial charge in [0.15, 0.2) is 0 Å². The second kappa shape index (κ2) is 7.40. The van der Waals surface area contributed by atoms with Gasteiger partial charge in [0, 0.05) is 11.9 Å². The fourth-order valence-electron chi connectivity index (χ4n) is 0.539. The molecule has 0 aliphatic rings. The van der Waals surface area contributed by atoms with Gasteiger partial charge in [0.25, 0.3) is 0 Å². The van der Waals surface area contributed by atoms with Crippen LogP contribution in [0.3, 0.4) is 0 Å². The van der Waals surface area contributed by atoms with Gasteiger partial charge < -0.3 is 19.8 Å². The van der Waals surface area contributed by atoms with Crippen molar-refractivity contribution >= 4 is 25.4 Å². The molecule has 0 amide bonds. The van der Waals surface area contributed by atoms with E-state index in [1.54, 1.807) is 0 Å². The molecule has 0 unspecified atom stereocenters.